The van der Waals surface area contributed by atoms with Crippen molar-refractivity contribution >= 4 is 37.2 Å². The first-order chi connectivity index (χ1) is 9.08. The number of fused-ring (bicyclic) bond motifs is 2. The molecule has 0 aliphatic heterocycles. The van der Waals surface area contributed by atoms with Crippen LogP contribution in [0.3, 0.4) is 0 Å². The highest BCUT2D eigenvalue weighted by atomic mass is 32.1. The van der Waals surface area contributed by atoms with Crippen molar-refractivity contribution < 1.29 is 4.92 Å². The molecule has 4 nitrogen and oxygen atoms in total. The maximum Gasteiger partial charge on any atom is 0.281 e. The van der Waals surface area contributed by atoms with Crippen molar-refractivity contribution in [3.63, 3.8) is 0 Å². The Morgan fingerprint density at radius 1 is 1.16 bits per heavy atom. The fourth-order valence-corrected chi connectivity index (χ4v) is 3.23. The molecule has 5 heteroatoms. The Balaban J connectivity index is 2.59. The molecular formula is C14H9NO3S. The number of hydrogen-bond acceptors (Lipinski definition) is 4. The number of rotatable bonds is 1. The second-order valence-electron chi connectivity index (χ2n) is 4.34. The van der Waals surface area contributed by atoms with Crippen molar-refractivity contribution in [2.75, 3.05) is 0 Å². The smallest absolute Gasteiger partial charge is 0.281 e. The summed E-state index contributed by atoms with van der Waals surface area (Å²) in [6.07, 6.45) is 0. The number of nitrogens with zero attached hydrogens (tertiary/aromatic N) is 1. The summed E-state index contributed by atoms with van der Waals surface area (Å²) in [5.41, 5.74) is 0.580. The zero-order valence-electron chi connectivity index (χ0n) is 10.0. The Morgan fingerprint density at radius 3 is 2.68 bits per heavy atom. The Labute approximate surface area is 112 Å². The molecule has 2 aromatic carbocycles. The third kappa shape index (κ3) is 1.79. The van der Waals surface area contributed by atoms with E-state index in [1.54, 1.807) is 18.2 Å². The lowest BCUT2D eigenvalue weighted by Gasteiger charge is -2.02. The fourth-order valence-electron chi connectivity index (χ4n) is 2.15. The minimum Gasteiger partial charge on any atom is -0.288 e. The van der Waals surface area contributed by atoms with Gasteiger partial charge in [0, 0.05) is 20.9 Å². The van der Waals surface area contributed by atoms with Crippen LogP contribution in [0.4, 0.5) is 5.69 Å². The van der Waals surface area contributed by atoms with E-state index in [1.165, 1.54) is 17.4 Å². The van der Waals surface area contributed by atoms with Gasteiger partial charge in [0.15, 0.2) is 0 Å². The summed E-state index contributed by atoms with van der Waals surface area (Å²) in [6.45, 7) is 1.90. The number of aryl methyl sites for hydroxylation is 1. The van der Waals surface area contributed by atoms with Crippen LogP contribution in [0, 0.1) is 17.0 Å². The van der Waals surface area contributed by atoms with Crippen molar-refractivity contribution in [1.82, 2.24) is 0 Å². The van der Waals surface area contributed by atoms with Crippen molar-refractivity contribution in [3.05, 3.63) is 62.3 Å². The summed E-state index contributed by atoms with van der Waals surface area (Å²) in [5.74, 6) is 0. The molecule has 0 unspecified atom stereocenters. The van der Waals surface area contributed by atoms with Crippen LogP contribution >= 0.6 is 11.3 Å². The van der Waals surface area contributed by atoms with Gasteiger partial charge in [-0.15, -0.1) is 11.3 Å². The Hall–Kier alpha value is -2.27. The molecule has 19 heavy (non-hydrogen) atoms. The standard InChI is InChI=1S/C14H9NO3S/c1-8-5-6-11-9(7-8)14(16)13-10(15(17)18)3-2-4-12(13)19-11/h2-7H,1H3. The number of nitro benzene ring substituents is 1. The third-order valence-electron chi connectivity index (χ3n) is 3.03. The Kier molecular flexibility index (Phi) is 2.57. The van der Waals surface area contributed by atoms with Crippen LogP contribution in [0.15, 0.2) is 41.2 Å². The van der Waals surface area contributed by atoms with Crippen molar-refractivity contribution in [3.8, 4) is 0 Å². The molecule has 3 rings (SSSR count). The molecule has 0 spiro atoms. The molecule has 0 N–H and O–H groups in total. The van der Waals surface area contributed by atoms with Gasteiger partial charge in [0.2, 0.25) is 5.43 Å². The molecule has 0 aliphatic rings. The van der Waals surface area contributed by atoms with Gasteiger partial charge in [-0.3, -0.25) is 14.9 Å². The average molecular weight is 271 g/mol. The molecule has 0 atom stereocenters. The van der Waals surface area contributed by atoms with E-state index < -0.39 is 4.92 Å². The maximum absolute atomic E-state index is 12.5. The van der Waals surface area contributed by atoms with Crippen LogP contribution in [0.1, 0.15) is 5.56 Å². The van der Waals surface area contributed by atoms with E-state index in [0.29, 0.717) is 10.1 Å². The average Bonchev–Trinajstić information content (AvgIpc) is 2.39. The molecular weight excluding hydrogens is 262 g/mol. The Morgan fingerprint density at radius 2 is 1.95 bits per heavy atom. The summed E-state index contributed by atoms with van der Waals surface area (Å²) >= 11 is 1.40. The lowest BCUT2D eigenvalue weighted by atomic mass is 10.1. The van der Waals surface area contributed by atoms with Gasteiger partial charge in [-0.2, -0.15) is 0 Å². The van der Waals surface area contributed by atoms with E-state index in [4.69, 9.17) is 0 Å². The van der Waals surface area contributed by atoms with Gasteiger partial charge in [0.25, 0.3) is 5.69 Å². The Bertz CT molecular complexity index is 883. The van der Waals surface area contributed by atoms with E-state index in [-0.39, 0.29) is 16.5 Å². The molecule has 1 aromatic heterocycles. The van der Waals surface area contributed by atoms with Crippen LogP contribution in [0.5, 0.6) is 0 Å². The monoisotopic (exact) mass is 271 g/mol. The van der Waals surface area contributed by atoms with Gasteiger partial charge in [-0.25, -0.2) is 0 Å². The number of benzene rings is 2. The molecule has 0 radical (unpaired) electrons. The summed E-state index contributed by atoms with van der Waals surface area (Å²) in [4.78, 5) is 23.0. The zero-order valence-corrected chi connectivity index (χ0v) is 10.9. The first-order valence-corrected chi connectivity index (χ1v) is 6.50. The van der Waals surface area contributed by atoms with Crippen LogP contribution in [0.25, 0.3) is 20.2 Å². The first-order valence-electron chi connectivity index (χ1n) is 5.68. The molecule has 1 heterocycles. The first kappa shape index (κ1) is 11.8. The van der Waals surface area contributed by atoms with Gasteiger partial charge in [-0.1, -0.05) is 17.7 Å². The van der Waals surface area contributed by atoms with E-state index in [0.717, 1.165) is 10.3 Å². The predicted molar refractivity (Wildman–Crippen MR) is 77.0 cm³/mol. The van der Waals surface area contributed by atoms with Crippen LogP contribution < -0.4 is 5.43 Å². The third-order valence-corrected chi connectivity index (χ3v) is 4.16. The maximum atomic E-state index is 12.5. The minimum absolute atomic E-state index is 0.123. The lowest BCUT2D eigenvalue weighted by Crippen LogP contribution is -2.04. The highest BCUT2D eigenvalue weighted by Crippen LogP contribution is 2.30. The quantitative estimate of drug-likeness (QED) is 0.386. The zero-order chi connectivity index (χ0) is 13.6. The second-order valence-corrected chi connectivity index (χ2v) is 5.42. The summed E-state index contributed by atoms with van der Waals surface area (Å²) in [7, 11) is 0. The fraction of sp³-hybridized carbons (Fsp3) is 0.0714. The number of non-ortho nitro benzene ring substituents is 1. The van der Waals surface area contributed by atoms with Gasteiger partial charge >= 0.3 is 0 Å². The molecule has 0 saturated heterocycles. The molecule has 0 fully saturated rings. The topological polar surface area (TPSA) is 60.2 Å². The van der Waals surface area contributed by atoms with E-state index in [9.17, 15) is 14.9 Å². The minimum atomic E-state index is -0.502. The molecule has 0 bridgehead atoms. The summed E-state index contributed by atoms with van der Waals surface area (Å²) in [6, 6.07) is 10.3. The lowest BCUT2D eigenvalue weighted by molar-refractivity contribution is -0.383. The predicted octanol–water partition coefficient (Wildman–Crippen LogP) is 3.63. The van der Waals surface area contributed by atoms with Crippen molar-refractivity contribution in [1.29, 1.82) is 0 Å². The number of nitro groups is 1. The van der Waals surface area contributed by atoms with E-state index in [2.05, 4.69) is 0 Å². The molecule has 0 saturated carbocycles. The van der Waals surface area contributed by atoms with Gasteiger partial charge in [0.05, 0.1) is 4.92 Å². The van der Waals surface area contributed by atoms with Gasteiger partial charge < -0.3 is 0 Å². The van der Waals surface area contributed by atoms with Crippen LogP contribution in [-0.2, 0) is 0 Å². The molecule has 0 aliphatic carbocycles. The SMILES string of the molecule is Cc1ccc2sc3cccc([N+](=O)[O-])c3c(=O)c2c1. The van der Waals surface area contributed by atoms with Crippen molar-refractivity contribution in [2.45, 2.75) is 6.92 Å². The van der Waals surface area contributed by atoms with Crippen LogP contribution in [-0.4, -0.2) is 4.92 Å². The molecule has 3 aromatic rings. The van der Waals surface area contributed by atoms with Crippen molar-refractivity contribution in [2.24, 2.45) is 0 Å². The van der Waals surface area contributed by atoms with E-state index >= 15 is 0 Å². The highest BCUT2D eigenvalue weighted by Gasteiger charge is 2.16. The summed E-state index contributed by atoms with van der Waals surface area (Å²) in [5, 5.41) is 11.8. The van der Waals surface area contributed by atoms with E-state index in [1.807, 2.05) is 19.1 Å². The largest absolute Gasteiger partial charge is 0.288 e. The number of hydrogen-bond donors (Lipinski definition) is 0. The highest BCUT2D eigenvalue weighted by molar-refractivity contribution is 7.24. The normalized spacial score (nSPS) is 11.0. The summed E-state index contributed by atoms with van der Waals surface area (Å²) < 4.78 is 1.50. The molecule has 94 valence electrons. The van der Waals surface area contributed by atoms with Crippen LogP contribution in [0.2, 0.25) is 0 Å². The van der Waals surface area contributed by atoms with Gasteiger partial charge in [-0.05, 0) is 25.1 Å². The molecule has 0 amide bonds. The van der Waals surface area contributed by atoms with Gasteiger partial charge in [0.1, 0.15) is 5.39 Å². The second kappa shape index (κ2) is 4.13.